The van der Waals surface area contributed by atoms with Gasteiger partial charge < -0.3 is 10.4 Å². The summed E-state index contributed by atoms with van der Waals surface area (Å²) in [5.41, 5.74) is 0.272. The van der Waals surface area contributed by atoms with E-state index >= 15 is 0 Å². The molecule has 5 heteroatoms. The number of pyridine rings is 1. The summed E-state index contributed by atoms with van der Waals surface area (Å²) >= 11 is 3.39. The third-order valence-electron chi connectivity index (χ3n) is 2.69. The third-order valence-corrected chi connectivity index (χ3v) is 3.15. The van der Waals surface area contributed by atoms with Crippen molar-refractivity contribution < 1.29 is 9.90 Å². The Kier molecular flexibility index (Phi) is 5.97. The molecule has 17 heavy (non-hydrogen) atoms. The van der Waals surface area contributed by atoms with E-state index in [1.807, 2.05) is 0 Å². The fourth-order valence-corrected chi connectivity index (χ4v) is 2.16. The second kappa shape index (κ2) is 7.27. The number of alkyl halides is 1. The standard InChI is InChI=1S/C12H17BrN2O2/c1-2-9(3-5-13)7-15-12(17)10-4-6-14-8-11(10)16/h4,6,8-9,16H,2-3,5,7H2,1H3,(H,15,17). The molecule has 1 amide bonds. The second-order valence-corrected chi connectivity index (χ2v) is 4.65. The van der Waals surface area contributed by atoms with Gasteiger partial charge in [-0.25, -0.2) is 0 Å². The van der Waals surface area contributed by atoms with E-state index in [1.54, 1.807) is 0 Å². The van der Waals surface area contributed by atoms with Crippen LogP contribution in [0.5, 0.6) is 5.75 Å². The van der Waals surface area contributed by atoms with Gasteiger partial charge in [0.25, 0.3) is 5.91 Å². The first-order chi connectivity index (χ1) is 8.19. The van der Waals surface area contributed by atoms with E-state index in [2.05, 4.69) is 33.2 Å². The van der Waals surface area contributed by atoms with Crippen molar-refractivity contribution in [1.29, 1.82) is 0 Å². The quantitative estimate of drug-likeness (QED) is 0.793. The minimum Gasteiger partial charge on any atom is -0.505 e. The number of rotatable bonds is 6. The van der Waals surface area contributed by atoms with E-state index in [0.29, 0.717) is 12.5 Å². The van der Waals surface area contributed by atoms with Gasteiger partial charge in [-0.05, 0) is 18.4 Å². The molecule has 1 unspecified atom stereocenters. The number of halogens is 1. The van der Waals surface area contributed by atoms with Gasteiger partial charge in [-0.2, -0.15) is 0 Å². The Morgan fingerprint density at radius 3 is 3.00 bits per heavy atom. The highest BCUT2D eigenvalue weighted by Crippen LogP contribution is 2.14. The molecular formula is C12H17BrN2O2. The molecule has 0 fully saturated rings. The van der Waals surface area contributed by atoms with Crippen molar-refractivity contribution in [1.82, 2.24) is 10.3 Å². The molecule has 2 N–H and O–H groups in total. The predicted octanol–water partition coefficient (Wildman–Crippen LogP) is 2.33. The molecule has 0 bridgehead atoms. The number of nitrogens with zero attached hydrogens (tertiary/aromatic N) is 1. The zero-order valence-corrected chi connectivity index (χ0v) is 11.4. The van der Waals surface area contributed by atoms with Crippen molar-refractivity contribution in [2.75, 3.05) is 11.9 Å². The first kappa shape index (κ1) is 14.0. The van der Waals surface area contributed by atoms with Gasteiger partial charge in [0.1, 0.15) is 5.75 Å². The van der Waals surface area contributed by atoms with Crippen LogP contribution in [0.2, 0.25) is 0 Å². The summed E-state index contributed by atoms with van der Waals surface area (Å²) in [4.78, 5) is 15.5. The van der Waals surface area contributed by atoms with E-state index in [9.17, 15) is 9.90 Å². The molecule has 4 nitrogen and oxygen atoms in total. The molecule has 0 aliphatic carbocycles. The molecule has 0 saturated carbocycles. The predicted molar refractivity (Wildman–Crippen MR) is 70.4 cm³/mol. The van der Waals surface area contributed by atoms with E-state index < -0.39 is 0 Å². The van der Waals surface area contributed by atoms with Gasteiger partial charge in [-0.1, -0.05) is 29.3 Å². The number of nitrogens with one attached hydrogen (secondary N) is 1. The van der Waals surface area contributed by atoms with Gasteiger partial charge in [0.05, 0.1) is 11.8 Å². The average molecular weight is 301 g/mol. The van der Waals surface area contributed by atoms with Crippen molar-refractivity contribution in [2.45, 2.75) is 19.8 Å². The van der Waals surface area contributed by atoms with Gasteiger partial charge in [0.2, 0.25) is 0 Å². The van der Waals surface area contributed by atoms with E-state index in [0.717, 1.165) is 18.2 Å². The molecule has 1 atom stereocenters. The summed E-state index contributed by atoms with van der Waals surface area (Å²) in [7, 11) is 0. The Morgan fingerprint density at radius 1 is 1.65 bits per heavy atom. The highest BCUT2D eigenvalue weighted by atomic mass is 79.9. The van der Waals surface area contributed by atoms with Crippen LogP contribution >= 0.6 is 15.9 Å². The molecule has 1 aromatic heterocycles. The number of carbonyl (C=O) groups is 1. The Bertz CT molecular complexity index is 371. The molecular weight excluding hydrogens is 284 g/mol. The number of aromatic hydroxyl groups is 1. The van der Waals surface area contributed by atoms with Crippen LogP contribution < -0.4 is 5.32 Å². The number of hydrogen-bond acceptors (Lipinski definition) is 3. The Balaban J connectivity index is 2.52. The lowest BCUT2D eigenvalue weighted by Crippen LogP contribution is -2.29. The Hall–Kier alpha value is -1.10. The monoisotopic (exact) mass is 300 g/mol. The number of carbonyl (C=O) groups excluding carboxylic acids is 1. The SMILES string of the molecule is CCC(CCBr)CNC(=O)c1ccncc1O. The van der Waals surface area contributed by atoms with Crippen LogP contribution in [0.25, 0.3) is 0 Å². The van der Waals surface area contributed by atoms with Gasteiger partial charge in [-0.3, -0.25) is 9.78 Å². The van der Waals surface area contributed by atoms with Gasteiger partial charge >= 0.3 is 0 Å². The van der Waals surface area contributed by atoms with Crippen molar-refractivity contribution in [3.63, 3.8) is 0 Å². The molecule has 1 rings (SSSR count). The van der Waals surface area contributed by atoms with E-state index in [4.69, 9.17) is 0 Å². The molecule has 0 aromatic carbocycles. The smallest absolute Gasteiger partial charge is 0.255 e. The van der Waals surface area contributed by atoms with E-state index in [1.165, 1.54) is 18.5 Å². The zero-order valence-electron chi connectivity index (χ0n) is 9.82. The molecule has 0 aliphatic rings. The summed E-state index contributed by atoms with van der Waals surface area (Å²) in [5.74, 6) is 0.124. The van der Waals surface area contributed by atoms with E-state index in [-0.39, 0.29) is 17.2 Å². The lowest BCUT2D eigenvalue weighted by molar-refractivity contribution is 0.0943. The molecule has 0 spiro atoms. The van der Waals surface area contributed by atoms with Crippen LogP contribution in [0.15, 0.2) is 18.5 Å². The van der Waals surface area contributed by atoms with Gasteiger partial charge in [0, 0.05) is 18.1 Å². The number of aromatic nitrogens is 1. The van der Waals surface area contributed by atoms with Gasteiger partial charge in [-0.15, -0.1) is 0 Å². The van der Waals surface area contributed by atoms with Crippen molar-refractivity contribution in [3.05, 3.63) is 24.0 Å². The van der Waals surface area contributed by atoms with Crippen LogP contribution in [0.3, 0.4) is 0 Å². The highest BCUT2D eigenvalue weighted by Gasteiger charge is 2.12. The first-order valence-corrected chi connectivity index (χ1v) is 6.78. The van der Waals surface area contributed by atoms with Crippen LogP contribution in [0.1, 0.15) is 30.1 Å². The Labute approximate surface area is 110 Å². The van der Waals surface area contributed by atoms with Crippen molar-refractivity contribution in [2.24, 2.45) is 5.92 Å². The maximum atomic E-state index is 11.8. The normalized spacial score (nSPS) is 12.1. The maximum Gasteiger partial charge on any atom is 0.255 e. The zero-order chi connectivity index (χ0) is 12.7. The lowest BCUT2D eigenvalue weighted by Gasteiger charge is -2.14. The fraction of sp³-hybridized carbons (Fsp3) is 0.500. The fourth-order valence-electron chi connectivity index (χ4n) is 1.52. The summed E-state index contributed by atoms with van der Waals surface area (Å²) < 4.78 is 0. The molecule has 0 saturated heterocycles. The second-order valence-electron chi connectivity index (χ2n) is 3.85. The minimum atomic E-state index is -0.252. The van der Waals surface area contributed by atoms with Crippen LogP contribution in [0.4, 0.5) is 0 Å². The summed E-state index contributed by atoms with van der Waals surface area (Å²) in [6.45, 7) is 2.73. The minimum absolute atomic E-state index is 0.0847. The van der Waals surface area contributed by atoms with Crippen LogP contribution in [-0.2, 0) is 0 Å². The Morgan fingerprint density at radius 2 is 2.41 bits per heavy atom. The van der Waals surface area contributed by atoms with Crippen LogP contribution in [0, 0.1) is 5.92 Å². The average Bonchev–Trinajstić information content (AvgIpc) is 2.34. The summed E-state index contributed by atoms with van der Waals surface area (Å²) in [6, 6.07) is 1.51. The maximum absolute atomic E-state index is 11.8. The molecule has 94 valence electrons. The summed E-state index contributed by atoms with van der Waals surface area (Å²) in [5, 5.41) is 13.2. The molecule has 1 aromatic rings. The first-order valence-electron chi connectivity index (χ1n) is 5.66. The molecule has 0 aliphatic heterocycles. The van der Waals surface area contributed by atoms with Crippen molar-refractivity contribution >= 4 is 21.8 Å². The van der Waals surface area contributed by atoms with Crippen molar-refractivity contribution in [3.8, 4) is 5.75 Å². The number of hydrogen-bond donors (Lipinski definition) is 2. The van der Waals surface area contributed by atoms with Gasteiger partial charge in [0.15, 0.2) is 0 Å². The molecule has 0 radical (unpaired) electrons. The topological polar surface area (TPSA) is 62.2 Å². The highest BCUT2D eigenvalue weighted by molar-refractivity contribution is 9.09. The molecule has 1 heterocycles. The third kappa shape index (κ3) is 4.34. The lowest BCUT2D eigenvalue weighted by atomic mass is 10.0. The largest absolute Gasteiger partial charge is 0.505 e. The number of amides is 1. The summed E-state index contributed by atoms with van der Waals surface area (Å²) in [6.07, 6.45) is 4.81. The van der Waals surface area contributed by atoms with Crippen LogP contribution in [-0.4, -0.2) is 27.9 Å².